The Bertz CT molecular complexity index is 1870. The number of hydrogen-bond acceptors (Lipinski definition) is 11. The lowest BCUT2D eigenvalue weighted by atomic mass is 9.86. The van der Waals surface area contributed by atoms with Gasteiger partial charge in [0.15, 0.2) is 11.5 Å². The minimum absolute atomic E-state index is 0.00635. The fraction of sp³-hybridized carbons (Fsp3) is 0.556. The van der Waals surface area contributed by atoms with Gasteiger partial charge >= 0.3 is 0 Å². The standard InChI is InChI=1S/C36H44N10O5/c1-21(47)41-24-14-26(15-24)45-20-40-31-32(38-19-39-33(31)45)37-17-22-6-10-43(11-7-22)18-23-8-12-44(13-9-23)25-2-3-27-28(16-25)36(51)46(35(27)50)29-4-5-30(48)42-34(29)49/h2-3,16,19-20,22-24,26,29H,4-15,17-18H2,1H3,(H,41,47)(H,37,38,39)(H,42,48,49). The molecule has 4 fully saturated rings. The fourth-order valence-corrected chi connectivity index (χ4v) is 8.48. The Balaban J connectivity index is 0.788. The van der Waals surface area contributed by atoms with Crippen LogP contribution in [0.4, 0.5) is 11.5 Å². The second-order valence-corrected chi connectivity index (χ2v) is 14.8. The molecule has 1 atom stereocenters. The predicted molar refractivity (Wildman–Crippen MR) is 187 cm³/mol. The van der Waals surface area contributed by atoms with Crippen LogP contribution in [0.15, 0.2) is 30.9 Å². The summed E-state index contributed by atoms with van der Waals surface area (Å²) in [4.78, 5) is 81.3. The zero-order chi connectivity index (χ0) is 35.2. The maximum atomic E-state index is 13.3. The highest BCUT2D eigenvalue weighted by molar-refractivity contribution is 6.23. The molecule has 4 aliphatic heterocycles. The first-order valence-electron chi connectivity index (χ1n) is 18.2. The average Bonchev–Trinajstić information content (AvgIpc) is 3.64. The number of fused-ring (bicyclic) bond motifs is 2. The highest BCUT2D eigenvalue weighted by atomic mass is 16.2. The number of carbonyl (C=O) groups is 5. The lowest BCUT2D eigenvalue weighted by Gasteiger charge is -2.38. The van der Waals surface area contributed by atoms with E-state index in [4.69, 9.17) is 0 Å². The van der Waals surface area contributed by atoms with E-state index in [1.165, 1.54) is 0 Å². The van der Waals surface area contributed by atoms with E-state index in [2.05, 4.69) is 45.3 Å². The number of imidazole rings is 1. The van der Waals surface area contributed by atoms with E-state index >= 15 is 0 Å². The molecule has 1 saturated carbocycles. The quantitative estimate of drug-likeness (QED) is 0.280. The monoisotopic (exact) mass is 696 g/mol. The summed E-state index contributed by atoms with van der Waals surface area (Å²) in [6.07, 6.45) is 9.81. The molecule has 15 nitrogen and oxygen atoms in total. The first-order chi connectivity index (χ1) is 24.7. The van der Waals surface area contributed by atoms with E-state index < -0.39 is 23.8 Å². The Hall–Kier alpha value is -4.92. The van der Waals surface area contributed by atoms with Gasteiger partial charge in [-0.1, -0.05) is 0 Å². The lowest BCUT2D eigenvalue weighted by molar-refractivity contribution is -0.136. The number of likely N-dealkylation sites (tertiary alicyclic amines) is 1. The number of amides is 5. The van der Waals surface area contributed by atoms with Gasteiger partial charge in [0.2, 0.25) is 17.7 Å². The first kappa shape index (κ1) is 33.2. The number of aromatic nitrogens is 4. The molecule has 6 heterocycles. The molecular formula is C36H44N10O5. The molecule has 0 bridgehead atoms. The number of anilines is 2. The van der Waals surface area contributed by atoms with Crippen LogP contribution < -0.4 is 20.9 Å². The number of benzene rings is 1. The molecule has 1 aromatic carbocycles. The summed E-state index contributed by atoms with van der Waals surface area (Å²) < 4.78 is 2.11. The Morgan fingerprint density at radius 2 is 1.65 bits per heavy atom. The van der Waals surface area contributed by atoms with E-state index in [1.54, 1.807) is 25.4 Å². The van der Waals surface area contributed by atoms with E-state index in [1.807, 2.05) is 12.4 Å². The Labute approximate surface area is 295 Å². The van der Waals surface area contributed by atoms with Crippen molar-refractivity contribution < 1.29 is 24.0 Å². The van der Waals surface area contributed by atoms with Gasteiger partial charge in [-0.15, -0.1) is 0 Å². The summed E-state index contributed by atoms with van der Waals surface area (Å²) in [5.41, 5.74) is 3.17. The molecule has 8 rings (SSSR count). The van der Waals surface area contributed by atoms with Gasteiger partial charge < -0.3 is 25.0 Å². The van der Waals surface area contributed by atoms with Crippen LogP contribution in [0.25, 0.3) is 11.2 Å². The lowest BCUT2D eigenvalue weighted by Crippen LogP contribution is -2.54. The number of nitrogens with one attached hydrogen (secondary N) is 3. The normalized spacial score (nSPS) is 24.8. The van der Waals surface area contributed by atoms with Gasteiger partial charge in [0, 0.05) is 57.3 Å². The third kappa shape index (κ3) is 6.54. The topological polar surface area (TPSA) is 175 Å². The van der Waals surface area contributed by atoms with Gasteiger partial charge in [-0.3, -0.25) is 34.2 Å². The third-order valence-electron chi connectivity index (χ3n) is 11.5. The van der Waals surface area contributed by atoms with E-state index in [-0.39, 0.29) is 36.7 Å². The van der Waals surface area contributed by atoms with Crippen LogP contribution in [0.5, 0.6) is 0 Å². The second-order valence-electron chi connectivity index (χ2n) is 14.8. The van der Waals surface area contributed by atoms with Crippen molar-refractivity contribution in [2.24, 2.45) is 11.8 Å². The van der Waals surface area contributed by atoms with Crippen LogP contribution >= 0.6 is 0 Å². The van der Waals surface area contributed by atoms with Gasteiger partial charge in [0.05, 0.1) is 17.5 Å². The fourth-order valence-electron chi connectivity index (χ4n) is 8.48. The molecule has 5 aliphatic rings. The predicted octanol–water partition coefficient (Wildman–Crippen LogP) is 2.11. The van der Waals surface area contributed by atoms with Crippen molar-refractivity contribution in [3.63, 3.8) is 0 Å². The summed E-state index contributed by atoms with van der Waals surface area (Å²) in [5.74, 6) is 0.0151. The highest BCUT2D eigenvalue weighted by Gasteiger charge is 2.45. The van der Waals surface area contributed by atoms with E-state index in [0.717, 1.165) is 105 Å². The molecule has 3 aromatic rings. The zero-order valence-corrected chi connectivity index (χ0v) is 28.8. The molecule has 0 spiro atoms. The number of imide groups is 2. The molecule has 268 valence electrons. The van der Waals surface area contributed by atoms with Crippen LogP contribution in [0, 0.1) is 11.8 Å². The van der Waals surface area contributed by atoms with Crippen molar-refractivity contribution in [2.75, 3.05) is 49.5 Å². The Morgan fingerprint density at radius 3 is 2.39 bits per heavy atom. The van der Waals surface area contributed by atoms with Crippen LogP contribution in [-0.2, 0) is 14.4 Å². The summed E-state index contributed by atoms with van der Waals surface area (Å²) in [7, 11) is 0. The maximum Gasteiger partial charge on any atom is 0.262 e. The van der Waals surface area contributed by atoms with Gasteiger partial charge in [0.1, 0.15) is 17.9 Å². The molecule has 5 amide bonds. The van der Waals surface area contributed by atoms with Crippen LogP contribution in [0.3, 0.4) is 0 Å². The number of piperidine rings is 3. The van der Waals surface area contributed by atoms with E-state index in [9.17, 15) is 24.0 Å². The van der Waals surface area contributed by atoms with Gasteiger partial charge in [-0.2, -0.15) is 0 Å². The molecule has 3 saturated heterocycles. The number of hydrogen-bond donors (Lipinski definition) is 3. The van der Waals surface area contributed by atoms with Crippen molar-refractivity contribution >= 4 is 52.2 Å². The molecule has 51 heavy (non-hydrogen) atoms. The summed E-state index contributed by atoms with van der Waals surface area (Å²) in [6.45, 7) is 7.38. The minimum atomic E-state index is -0.958. The smallest absolute Gasteiger partial charge is 0.262 e. The first-order valence-corrected chi connectivity index (χ1v) is 18.2. The molecule has 3 N–H and O–H groups in total. The summed E-state index contributed by atoms with van der Waals surface area (Å²) in [6, 6.07) is 4.92. The van der Waals surface area contributed by atoms with Gasteiger partial charge in [-0.25, -0.2) is 15.0 Å². The van der Waals surface area contributed by atoms with Crippen molar-refractivity contribution in [3.05, 3.63) is 42.0 Å². The average molecular weight is 697 g/mol. The van der Waals surface area contributed by atoms with Crippen molar-refractivity contribution in [2.45, 2.75) is 76.4 Å². The van der Waals surface area contributed by atoms with Crippen molar-refractivity contribution in [1.82, 2.24) is 40.0 Å². The SMILES string of the molecule is CC(=O)NC1CC(n2cnc3c(NCC4CCN(CC5CCN(c6ccc7c(c6)C(=O)N(C6CCC(=O)NC6=O)C7=O)CC5)CC4)ncnc32)C1. The highest BCUT2D eigenvalue weighted by Crippen LogP contribution is 2.36. The Kier molecular flexibility index (Phi) is 8.90. The molecule has 0 radical (unpaired) electrons. The van der Waals surface area contributed by atoms with Crippen LogP contribution in [-0.4, -0.2) is 110 Å². The van der Waals surface area contributed by atoms with Crippen molar-refractivity contribution in [3.8, 4) is 0 Å². The molecular weight excluding hydrogens is 652 g/mol. The number of nitrogens with zero attached hydrogens (tertiary/aromatic N) is 7. The third-order valence-corrected chi connectivity index (χ3v) is 11.5. The maximum absolute atomic E-state index is 13.3. The zero-order valence-electron chi connectivity index (χ0n) is 28.8. The summed E-state index contributed by atoms with van der Waals surface area (Å²) in [5, 5.41) is 8.79. The minimum Gasteiger partial charge on any atom is -0.371 e. The molecule has 1 aliphatic carbocycles. The molecule has 1 unspecified atom stereocenters. The second kappa shape index (κ2) is 13.7. The Morgan fingerprint density at radius 1 is 0.902 bits per heavy atom. The number of rotatable bonds is 9. The van der Waals surface area contributed by atoms with Crippen LogP contribution in [0.2, 0.25) is 0 Å². The van der Waals surface area contributed by atoms with Crippen LogP contribution in [0.1, 0.15) is 85.0 Å². The van der Waals surface area contributed by atoms with Gasteiger partial charge in [-0.05, 0) is 88.1 Å². The molecule has 2 aromatic heterocycles. The molecule has 15 heteroatoms. The van der Waals surface area contributed by atoms with Gasteiger partial charge in [0.25, 0.3) is 11.8 Å². The van der Waals surface area contributed by atoms with Crippen molar-refractivity contribution in [1.29, 1.82) is 0 Å². The van der Waals surface area contributed by atoms with E-state index in [0.29, 0.717) is 23.0 Å². The largest absolute Gasteiger partial charge is 0.371 e. The summed E-state index contributed by atoms with van der Waals surface area (Å²) >= 11 is 0. The number of carbonyl (C=O) groups excluding carboxylic acids is 5.